The Hall–Kier alpha value is -2.18. The van der Waals surface area contributed by atoms with Crippen LogP contribution in [-0.4, -0.2) is 63.3 Å². The molecule has 3 aliphatic rings. The van der Waals surface area contributed by atoms with Gasteiger partial charge in [0.1, 0.15) is 5.54 Å². The van der Waals surface area contributed by atoms with E-state index in [2.05, 4.69) is 58.1 Å². The number of nitrogens with zero attached hydrogens (tertiary/aromatic N) is 3. The number of benzene rings is 1. The number of amides is 1. The number of hydrogen-bond acceptors (Lipinski definition) is 4. The zero-order chi connectivity index (χ0) is 19.3. The van der Waals surface area contributed by atoms with Crippen LogP contribution in [0.3, 0.4) is 0 Å². The van der Waals surface area contributed by atoms with Crippen LogP contribution in [-0.2, 0) is 35.3 Å². The van der Waals surface area contributed by atoms with Gasteiger partial charge < -0.3 is 9.64 Å². The van der Waals surface area contributed by atoms with Gasteiger partial charge in [0.25, 0.3) is 0 Å². The number of aromatic amines is 1. The van der Waals surface area contributed by atoms with Gasteiger partial charge in [-0.3, -0.25) is 14.8 Å². The first-order chi connectivity index (χ1) is 13.5. The van der Waals surface area contributed by atoms with Crippen molar-refractivity contribution >= 4 is 5.91 Å². The van der Waals surface area contributed by atoms with Crippen molar-refractivity contribution < 1.29 is 9.53 Å². The Morgan fingerprint density at radius 3 is 2.50 bits per heavy atom. The highest BCUT2D eigenvalue weighted by Crippen LogP contribution is 2.38. The first-order valence-electron chi connectivity index (χ1n) is 10.3. The summed E-state index contributed by atoms with van der Waals surface area (Å²) in [5, 5.41) is 7.23. The Morgan fingerprint density at radius 1 is 1.14 bits per heavy atom. The molecule has 5 rings (SSSR count). The Balaban J connectivity index is 1.49. The molecule has 1 aliphatic carbocycles. The lowest BCUT2D eigenvalue weighted by atomic mass is 9.88. The molecule has 1 aromatic carbocycles. The van der Waals surface area contributed by atoms with Crippen LogP contribution in [0.5, 0.6) is 0 Å². The van der Waals surface area contributed by atoms with Crippen LogP contribution in [0.1, 0.15) is 36.2 Å². The molecule has 0 spiro atoms. The third kappa shape index (κ3) is 2.86. The second-order valence-electron chi connectivity index (χ2n) is 8.67. The lowest BCUT2D eigenvalue weighted by molar-refractivity contribution is -0.155. The summed E-state index contributed by atoms with van der Waals surface area (Å²) in [4.78, 5) is 18.5. The average Bonchev–Trinajstić information content (AvgIpc) is 3.31. The third-order valence-corrected chi connectivity index (χ3v) is 6.59. The van der Waals surface area contributed by atoms with Gasteiger partial charge in [0.05, 0.1) is 18.4 Å². The van der Waals surface area contributed by atoms with Gasteiger partial charge in [-0.25, -0.2) is 0 Å². The van der Waals surface area contributed by atoms with Crippen LogP contribution in [0.25, 0.3) is 0 Å². The molecule has 2 aromatic rings. The zero-order valence-corrected chi connectivity index (χ0v) is 16.6. The van der Waals surface area contributed by atoms with Crippen LogP contribution in [0.2, 0.25) is 0 Å². The molecular weight excluding hydrogens is 352 g/mol. The Morgan fingerprint density at radius 2 is 1.82 bits per heavy atom. The summed E-state index contributed by atoms with van der Waals surface area (Å²) in [6.07, 6.45) is 4.56. The molecule has 2 aliphatic heterocycles. The van der Waals surface area contributed by atoms with E-state index in [9.17, 15) is 4.79 Å². The minimum Gasteiger partial charge on any atom is -0.373 e. The number of fused-ring (bicyclic) bond motifs is 2. The van der Waals surface area contributed by atoms with E-state index >= 15 is 0 Å². The first kappa shape index (κ1) is 17.9. The van der Waals surface area contributed by atoms with Gasteiger partial charge in [-0.15, -0.1) is 0 Å². The number of morpholine rings is 1. The Kier molecular flexibility index (Phi) is 4.29. The van der Waals surface area contributed by atoms with Crippen molar-refractivity contribution in [3.8, 4) is 0 Å². The third-order valence-electron chi connectivity index (χ3n) is 6.59. The topological polar surface area (TPSA) is 61.5 Å². The summed E-state index contributed by atoms with van der Waals surface area (Å²) < 4.78 is 5.98. The summed E-state index contributed by atoms with van der Waals surface area (Å²) in [6.45, 7) is 7.23. The Bertz CT molecular complexity index is 857. The summed E-state index contributed by atoms with van der Waals surface area (Å²) in [5.41, 5.74) is 4.43. The molecule has 0 radical (unpaired) electrons. The molecule has 3 heterocycles. The number of hydrogen-bond donors (Lipinski definition) is 1. The second kappa shape index (κ2) is 6.71. The van der Waals surface area contributed by atoms with Crippen LogP contribution in [0.4, 0.5) is 0 Å². The number of H-pyrrole nitrogens is 1. The van der Waals surface area contributed by atoms with Crippen molar-refractivity contribution in [1.82, 2.24) is 20.0 Å². The molecule has 1 amide bonds. The van der Waals surface area contributed by atoms with E-state index in [0.717, 1.165) is 44.5 Å². The fourth-order valence-electron chi connectivity index (χ4n) is 5.32. The van der Waals surface area contributed by atoms with E-state index in [1.807, 2.05) is 6.20 Å². The van der Waals surface area contributed by atoms with Crippen LogP contribution < -0.4 is 0 Å². The smallest absolute Gasteiger partial charge is 0.244 e. The van der Waals surface area contributed by atoms with Gasteiger partial charge in [0.2, 0.25) is 5.91 Å². The largest absolute Gasteiger partial charge is 0.373 e. The van der Waals surface area contributed by atoms with E-state index in [1.165, 1.54) is 16.8 Å². The SMILES string of the molecule is C[C@@H]1CN(C2(C(=O)N3CCc4[nH]ncc4C3)Cc3ccccc3C2)C[C@H](C)O1. The number of aromatic nitrogens is 2. The zero-order valence-electron chi connectivity index (χ0n) is 16.6. The van der Waals surface area contributed by atoms with Crippen molar-refractivity contribution in [3.05, 3.63) is 52.8 Å². The average molecular weight is 380 g/mol. The van der Waals surface area contributed by atoms with E-state index in [1.54, 1.807) is 0 Å². The fourth-order valence-corrected chi connectivity index (χ4v) is 5.32. The maximum Gasteiger partial charge on any atom is 0.244 e. The molecule has 0 unspecified atom stereocenters. The number of nitrogens with one attached hydrogen (secondary N) is 1. The normalized spacial score (nSPS) is 26.7. The quantitative estimate of drug-likeness (QED) is 0.865. The van der Waals surface area contributed by atoms with Gasteiger partial charge in [-0.05, 0) is 25.0 Å². The van der Waals surface area contributed by atoms with Crippen molar-refractivity contribution in [3.63, 3.8) is 0 Å². The van der Waals surface area contributed by atoms with E-state index in [-0.39, 0.29) is 18.1 Å². The number of carbonyl (C=O) groups is 1. The summed E-state index contributed by atoms with van der Waals surface area (Å²) in [7, 11) is 0. The number of rotatable bonds is 2. The van der Waals surface area contributed by atoms with Crippen molar-refractivity contribution in [2.75, 3.05) is 19.6 Å². The van der Waals surface area contributed by atoms with Gasteiger partial charge in [-0.2, -0.15) is 5.10 Å². The molecule has 6 nitrogen and oxygen atoms in total. The lowest BCUT2D eigenvalue weighted by Gasteiger charge is -2.48. The molecule has 0 saturated carbocycles. The molecule has 1 fully saturated rings. The summed E-state index contributed by atoms with van der Waals surface area (Å²) in [5.74, 6) is 0.261. The highest BCUT2D eigenvalue weighted by molar-refractivity contribution is 5.88. The van der Waals surface area contributed by atoms with Crippen molar-refractivity contribution in [2.45, 2.75) is 57.4 Å². The molecular formula is C22H28N4O2. The lowest BCUT2D eigenvalue weighted by Crippen LogP contribution is -2.65. The monoisotopic (exact) mass is 380 g/mol. The van der Waals surface area contributed by atoms with Crippen LogP contribution in [0.15, 0.2) is 30.5 Å². The second-order valence-corrected chi connectivity index (χ2v) is 8.67. The maximum absolute atomic E-state index is 14.0. The van der Waals surface area contributed by atoms with Crippen molar-refractivity contribution in [2.24, 2.45) is 0 Å². The van der Waals surface area contributed by atoms with Crippen LogP contribution in [0, 0.1) is 0 Å². The number of carbonyl (C=O) groups excluding carboxylic acids is 1. The Labute approximate surface area is 165 Å². The minimum atomic E-state index is -0.503. The summed E-state index contributed by atoms with van der Waals surface area (Å²) >= 11 is 0. The standard InChI is InChI=1S/C22H28N4O2/c1-15-12-26(13-16(2)28-15)22(9-17-5-3-4-6-18(17)10-22)21(27)25-8-7-20-19(14-25)11-23-24-20/h3-6,11,15-16H,7-10,12-14H2,1-2H3,(H,23,24)/t15-,16+. The highest BCUT2D eigenvalue weighted by Gasteiger charge is 2.51. The maximum atomic E-state index is 14.0. The van der Waals surface area contributed by atoms with Gasteiger partial charge in [0.15, 0.2) is 0 Å². The molecule has 1 saturated heterocycles. The van der Waals surface area contributed by atoms with Gasteiger partial charge in [-0.1, -0.05) is 24.3 Å². The first-order valence-corrected chi connectivity index (χ1v) is 10.3. The van der Waals surface area contributed by atoms with Crippen LogP contribution >= 0.6 is 0 Å². The molecule has 6 heteroatoms. The molecule has 1 aromatic heterocycles. The van der Waals surface area contributed by atoms with Crippen molar-refractivity contribution in [1.29, 1.82) is 0 Å². The fraction of sp³-hybridized carbons (Fsp3) is 0.545. The minimum absolute atomic E-state index is 0.138. The predicted octanol–water partition coefficient (Wildman–Crippen LogP) is 1.94. The molecule has 28 heavy (non-hydrogen) atoms. The molecule has 0 bridgehead atoms. The predicted molar refractivity (Wildman–Crippen MR) is 106 cm³/mol. The van der Waals surface area contributed by atoms with Gasteiger partial charge in [0, 0.05) is 56.7 Å². The molecule has 148 valence electrons. The molecule has 1 N–H and O–H groups in total. The van der Waals surface area contributed by atoms with E-state index < -0.39 is 5.54 Å². The van der Waals surface area contributed by atoms with E-state index in [4.69, 9.17) is 4.74 Å². The highest BCUT2D eigenvalue weighted by atomic mass is 16.5. The van der Waals surface area contributed by atoms with Gasteiger partial charge >= 0.3 is 0 Å². The van der Waals surface area contributed by atoms with E-state index in [0.29, 0.717) is 6.54 Å². The number of ether oxygens (including phenoxy) is 1. The molecule has 2 atom stereocenters. The summed E-state index contributed by atoms with van der Waals surface area (Å²) in [6, 6.07) is 8.54.